The van der Waals surface area contributed by atoms with Gasteiger partial charge in [-0.2, -0.15) is 13.2 Å². The fraction of sp³-hybridized carbons (Fsp3) is 1.00. The van der Waals surface area contributed by atoms with Crippen molar-refractivity contribution < 1.29 is 17.9 Å². The van der Waals surface area contributed by atoms with Crippen molar-refractivity contribution in [2.75, 3.05) is 32.8 Å². The third-order valence-corrected chi connectivity index (χ3v) is 3.84. The van der Waals surface area contributed by atoms with Gasteiger partial charge in [-0.15, -0.1) is 0 Å². The van der Waals surface area contributed by atoms with Crippen LogP contribution in [-0.2, 0) is 4.74 Å². The van der Waals surface area contributed by atoms with Gasteiger partial charge in [0.1, 0.15) is 6.61 Å². The molecule has 20 heavy (non-hydrogen) atoms. The highest BCUT2D eigenvalue weighted by Gasteiger charge is 2.31. The molecule has 0 amide bonds. The molecule has 2 N–H and O–H groups in total. The summed E-state index contributed by atoms with van der Waals surface area (Å²) in [5.74, 6) is 0. The van der Waals surface area contributed by atoms with E-state index in [9.17, 15) is 13.2 Å². The maximum Gasteiger partial charge on any atom is 0.411 e. The number of hydrogen-bond donors (Lipinski definition) is 1. The van der Waals surface area contributed by atoms with Gasteiger partial charge in [0.05, 0.1) is 0 Å². The second-order valence-corrected chi connectivity index (χ2v) is 5.14. The van der Waals surface area contributed by atoms with E-state index in [2.05, 4.69) is 30.4 Å². The van der Waals surface area contributed by atoms with E-state index in [1.165, 1.54) is 0 Å². The molecule has 122 valence electrons. The summed E-state index contributed by atoms with van der Waals surface area (Å²) in [6, 6.07) is 0. The molecule has 0 aromatic heterocycles. The maximum absolute atomic E-state index is 12.0. The third-order valence-electron chi connectivity index (χ3n) is 3.84. The molecular formula is C14H29F3N2O. The number of ether oxygens (including phenoxy) is 1. The first-order valence-corrected chi connectivity index (χ1v) is 7.44. The van der Waals surface area contributed by atoms with E-state index >= 15 is 0 Å². The second kappa shape index (κ2) is 9.58. The number of hydrogen-bond acceptors (Lipinski definition) is 3. The number of rotatable bonds is 11. The van der Waals surface area contributed by atoms with E-state index in [1.807, 2.05) is 0 Å². The summed E-state index contributed by atoms with van der Waals surface area (Å²) in [6.07, 6.45) is -0.743. The molecule has 0 spiro atoms. The maximum atomic E-state index is 12.0. The van der Waals surface area contributed by atoms with Crippen LogP contribution >= 0.6 is 0 Å². The Morgan fingerprint density at radius 1 is 1.05 bits per heavy atom. The van der Waals surface area contributed by atoms with E-state index in [0.717, 1.165) is 32.4 Å². The monoisotopic (exact) mass is 298 g/mol. The van der Waals surface area contributed by atoms with Crippen LogP contribution in [0, 0.1) is 0 Å². The van der Waals surface area contributed by atoms with Crippen LogP contribution in [0.4, 0.5) is 13.2 Å². The average molecular weight is 298 g/mol. The largest absolute Gasteiger partial charge is 0.411 e. The lowest BCUT2D eigenvalue weighted by Crippen LogP contribution is -2.53. The molecule has 0 aliphatic carbocycles. The van der Waals surface area contributed by atoms with Crippen molar-refractivity contribution in [3.05, 3.63) is 0 Å². The van der Waals surface area contributed by atoms with Gasteiger partial charge in [0, 0.05) is 25.2 Å². The molecule has 0 aliphatic rings. The van der Waals surface area contributed by atoms with Gasteiger partial charge in [-0.25, -0.2) is 0 Å². The summed E-state index contributed by atoms with van der Waals surface area (Å²) >= 11 is 0. The van der Waals surface area contributed by atoms with E-state index < -0.39 is 12.8 Å². The van der Waals surface area contributed by atoms with Crippen LogP contribution in [0.25, 0.3) is 0 Å². The number of nitrogens with two attached hydrogens (primary N) is 1. The molecule has 0 unspecified atom stereocenters. The van der Waals surface area contributed by atoms with E-state index in [-0.39, 0.29) is 12.1 Å². The Balaban J connectivity index is 4.27. The van der Waals surface area contributed by atoms with E-state index in [0.29, 0.717) is 13.0 Å². The van der Waals surface area contributed by atoms with Crippen molar-refractivity contribution in [1.29, 1.82) is 0 Å². The highest BCUT2D eigenvalue weighted by atomic mass is 19.4. The zero-order valence-electron chi connectivity index (χ0n) is 12.9. The zero-order chi connectivity index (χ0) is 15.6. The van der Waals surface area contributed by atoms with Gasteiger partial charge in [0.15, 0.2) is 0 Å². The number of alkyl halides is 3. The number of halogens is 3. The van der Waals surface area contributed by atoms with Crippen LogP contribution < -0.4 is 5.73 Å². The van der Waals surface area contributed by atoms with E-state index in [1.54, 1.807) is 0 Å². The van der Waals surface area contributed by atoms with Gasteiger partial charge >= 0.3 is 6.18 Å². The smallest absolute Gasteiger partial charge is 0.372 e. The van der Waals surface area contributed by atoms with Crippen molar-refractivity contribution in [3.63, 3.8) is 0 Å². The van der Waals surface area contributed by atoms with Crippen molar-refractivity contribution >= 4 is 0 Å². The molecule has 0 aromatic rings. The molecule has 0 aromatic carbocycles. The van der Waals surface area contributed by atoms with Gasteiger partial charge in [0.25, 0.3) is 0 Å². The Labute approximate surface area is 120 Å². The molecule has 3 nitrogen and oxygen atoms in total. The second-order valence-electron chi connectivity index (χ2n) is 5.14. The fourth-order valence-corrected chi connectivity index (χ4v) is 2.52. The first-order chi connectivity index (χ1) is 9.35. The lowest BCUT2D eigenvalue weighted by Gasteiger charge is -2.42. The average Bonchev–Trinajstić information content (AvgIpc) is 2.39. The standard InChI is InChI=1S/C14H29F3N2O/c1-4-8-19(13(5-2,6-3)11-18)9-7-10-20-12-14(15,16)17/h4-12,18H2,1-3H3. The normalized spacial score (nSPS) is 13.2. The quantitative estimate of drug-likeness (QED) is 0.595. The first-order valence-electron chi connectivity index (χ1n) is 7.44. The van der Waals surface area contributed by atoms with Crippen LogP contribution in [0.5, 0.6) is 0 Å². The zero-order valence-corrected chi connectivity index (χ0v) is 12.9. The Kier molecular flexibility index (Phi) is 9.42. The lowest BCUT2D eigenvalue weighted by molar-refractivity contribution is -0.174. The minimum absolute atomic E-state index is 0.0416. The fourth-order valence-electron chi connectivity index (χ4n) is 2.52. The van der Waals surface area contributed by atoms with Crippen molar-refractivity contribution in [2.45, 2.75) is 58.2 Å². The Morgan fingerprint density at radius 3 is 2.05 bits per heavy atom. The van der Waals surface area contributed by atoms with Gasteiger partial charge in [-0.3, -0.25) is 4.90 Å². The lowest BCUT2D eigenvalue weighted by atomic mass is 9.90. The van der Waals surface area contributed by atoms with E-state index in [4.69, 9.17) is 5.73 Å². The van der Waals surface area contributed by atoms with Crippen LogP contribution in [0.1, 0.15) is 46.5 Å². The summed E-state index contributed by atoms with van der Waals surface area (Å²) < 4.78 is 40.5. The summed E-state index contributed by atoms with van der Waals surface area (Å²) in [4.78, 5) is 2.31. The van der Waals surface area contributed by atoms with Gasteiger partial charge in [-0.1, -0.05) is 20.8 Å². The van der Waals surface area contributed by atoms with Crippen molar-refractivity contribution in [1.82, 2.24) is 4.90 Å². The molecular weight excluding hydrogens is 269 g/mol. The van der Waals surface area contributed by atoms with Gasteiger partial charge < -0.3 is 10.5 Å². The van der Waals surface area contributed by atoms with Gasteiger partial charge in [0.2, 0.25) is 0 Å². The first kappa shape index (κ1) is 19.7. The summed E-state index contributed by atoms with van der Waals surface area (Å²) in [7, 11) is 0. The molecule has 0 aliphatic heterocycles. The molecule has 0 atom stereocenters. The minimum Gasteiger partial charge on any atom is -0.372 e. The van der Waals surface area contributed by atoms with Gasteiger partial charge in [-0.05, 0) is 32.2 Å². The Hall–Kier alpha value is -0.330. The van der Waals surface area contributed by atoms with Crippen molar-refractivity contribution in [3.8, 4) is 0 Å². The third kappa shape index (κ3) is 6.90. The highest BCUT2D eigenvalue weighted by Crippen LogP contribution is 2.23. The molecule has 6 heteroatoms. The van der Waals surface area contributed by atoms with Crippen LogP contribution in [0.2, 0.25) is 0 Å². The summed E-state index contributed by atoms with van der Waals surface area (Å²) in [6.45, 7) is 7.50. The summed E-state index contributed by atoms with van der Waals surface area (Å²) in [5.41, 5.74) is 5.88. The SMILES string of the molecule is CCCN(CCCOCC(F)(F)F)C(CC)(CC)CN. The minimum atomic E-state index is -4.24. The summed E-state index contributed by atoms with van der Waals surface area (Å²) in [5, 5.41) is 0. The molecule has 0 saturated carbocycles. The molecule has 0 fully saturated rings. The van der Waals surface area contributed by atoms with Crippen LogP contribution in [0.3, 0.4) is 0 Å². The Bertz CT molecular complexity index is 235. The number of nitrogens with zero attached hydrogens (tertiary/aromatic N) is 1. The molecule has 0 heterocycles. The molecule has 0 saturated heterocycles. The molecule has 0 bridgehead atoms. The van der Waals surface area contributed by atoms with Crippen LogP contribution in [0.15, 0.2) is 0 Å². The predicted octanol–water partition coefficient (Wildman–Crippen LogP) is 3.18. The van der Waals surface area contributed by atoms with Crippen molar-refractivity contribution in [2.24, 2.45) is 5.73 Å². The topological polar surface area (TPSA) is 38.5 Å². The molecule has 0 rings (SSSR count). The highest BCUT2D eigenvalue weighted by molar-refractivity contribution is 4.89. The van der Waals surface area contributed by atoms with Crippen LogP contribution in [-0.4, -0.2) is 49.5 Å². The Morgan fingerprint density at radius 2 is 1.65 bits per heavy atom. The molecule has 0 radical (unpaired) electrons. The predicted molar refractivity (Wildman–Crippen MR) is 75.7 cm³/mol.